The molecule has 5 heteroatoms. The average molecular weight is 405 g/mol. The number of rotatable bonds is 1. The van der Waals surface area contributed by atoms with Crippen LogP contribution in [-0.4, -0.2) is 10.5 Å². The maximum absolute atomic E-state index is 13.2. The highest BCUT2D eigenvalue weighted by Gasteiger charge is 2.54. The number of carbonyl (C=O) groups excluding carboxylic acids is 1. The highest BCUT2D eigenvalue weighted by molar-refractivity contribution is 9.10. The Balaban J connectivity index is 1.56. The number of thiazole rings is 1. The second kappa shape index (κ2) is 5.28. The van der Waals surface area contributed by atoms with Crippen LogP contribution in [0.25, 0.3) is 10.2 Å². The van der Waals surface area contributed by atoms with Crippen molar-refractivity contribution >= 4 is 43.4 Å². The molecule has 4 bridgehead atoms. The molecule has 0 saturated heterocycles. The van der Waals surface area contributed by atoms with Gasteiger partial charge in [0.05, 0.1) is 15.6 Å². The van der Waals surface area contributed by atoms with Crippen LogP contribution in [0.3, 0.4) is 0 Å². The van der Waals surface area contributed by atoms with Gasteiger partial charge in [0.15, 0.2) is 4.80 Å². The van der Waals surface area contributed by atoms with Gasteiger partial charge in [0, 0.05) is 11.5 Å². The van der Waals surface area contributed by atoms with Crippen molar-refractivity contribution in [3.05, 3.63) is 27.5 Å². The quantitative estimate of drug-likeness (QED) is 0.680. The lowest BCUT2D eigenvalue weighted by Crippen LogP contribution is -2.49. The van der Waals surface area contributed by atoms with Gasteiger partial charge >= 0.3 is 0 Å². The number of halogens is 1. The molecule has 126 valence electrons. The van der Waals surface area contributed by atoms with E-state index in [-0.39, 0.29) is 11.3 Å². The highest BCUT2D eigenvalue weighted by Crippen LogP contribution is 2.60. The summed E-state index contributed by atoms with van der Waals surface area (Å²) in [5, 5.41) is 0. The summed E-state index contributed by atoms with van der Waals surface area (Å²) in [6, 6.07) is 6.23. The number of aryl methyl sites for hydroxylation is 1. The van der Waals surface area contributed by atoms with Gasteiger partial charge in [0.25, 0.3) is 5.91 Å². The van der Waals surface area contributed by atoms with E-state index >= 15 is 0 Å². The summed E-state index contributed by atoms with van der Waals surface area (Å²) in [6.07, 6.45) is 7.33. The summed E-state index contributed by atoms with van der Waals surface area (Å²) in [5.41, 5.74) is 0.999. The van der Waals surface area contributed by atoms with Crippen LogP contribution in [0, 0.1) is 23.2 Å². The van der Waals surface area contributed by atoms with Crippen molar-refractivity contribution in [1.82, 2.24) is 4.57 Å². The van der Waals surface area contributed by atoms with Crippen molar-refractivity contribution in [1.29, 1.82) is 0 Å². The molecule has 0 aliphatic heterocycles. The normalized spacial score (nSPS) is 35.1. The van der Waals surface area contributed by atoms with E-state index in [0.29, 0.717) is 0 Å². The molecule has 1 amide bonds. The maximum atomic E-state index is 13.2. The smallest absolute Gasteiger partial charge is 0.254 e. The predicted molar refractivity (Wildman–Crippen MR) is 99.7 cm³/mol. The zero-order valence-corrected chi connectivity index (χ0v) is 16.2. The molecule has 3 nitrogen and oxygen atoms in total. The standard InChI is InChI=1S/C19H21BrN2OS/c1-22-15-3-2-14(20)7-16(15)24-18(22)21-17(23)19-8-11-4-12(9-19)6-13(5-11)10-19/h2-3,7,11-13H,4-6,8-10H2,1H3. The van der Waals surface area contributed by atoms with E-state index in [1.807, 2.05) is 13.1 Å². The van der Waals surface area contributed by atoms with Crippen molar-refractivity contribution in [3.63, 3.8) is 0 Å². The molecule has 4 aliphatic rings. The van der Waals surface area contributed by atoms with Crippen LogP contribution in [0.5, 0.6) is 0 Å². The van der Waals surface area contributed by atoms with Crippen LogP contribution in [-0.2, 0) is 11.8 Å². The molecule has 0 unspecified atom stereocenters. The van der Waals surface area contributed by atoms with Gasteiger partial charge in [-0.3, -0.25) is 4.79 Å². The summed E-state index contributed by atoms with van der Waals surface area (Å²) in [5.74, 6) is 2.50. The van der Waals surface area contributed by atoms with Crippen LogP contribution < -0.4 is 4.80 Å². The van der Waals surface area contributed by atoms with Gasteiger partial charge in [-0.1, -0.05) is 27.3 Å². The summed E-state index contributed by atoms with van der Waals surface area (Å²) in [6.45, 7) is 0. The first-order valence-electron chi connectivity index (χ1n) is 8.87. The largest absolute Gasteiger partial charge is 0.319 e. The van der Waals surface area contributed by atoms with Crippen LogP contribution in [0.15, 0.2) is 27.7 Å². The van der Waals surface area contributed by atoms with Gasteiger partial charge in [-0.2, -0.15) is 4.99 Å². The van der Waals surface area contributed by atoms with Gasteiger partial charge in [-0.15, -0.1) is 0 Å². The van der Waals surface area contributed by atoms with E-state index < -0.39 is 0 Å². The summed E-state index contributed by atoms with van der Waals surface area (Å²) in [7, 11) is 2.01. The van der Waals surface area contributed by atoms with E-state index in [1.165, 1.54) is 24.0 Å². The Morgan fingerprint density at radius 3 is 2.46 bits per heavy atom. The van der Waals surface area contributed by atoms with E-state index in [1.54, 1.807) is 11.3 Å². The van der Waals surface area contributed by atoms with Crippen molar-refractivity contribution in [2.45, 2.75) is 38.5 Å². The van der Waals surface area contributed by atoms with Gasteiger partial charge in [-0.25, -0.2) is 0 Å². The minimum atomic E-state index is -0.140. The van der Waals surface area contributed by atoms with Gasteiger partial charge < -0.3 is 4.57 Å². The maximum Gasteiger partial charge on any atom is 0.254 e. The number of hydrogen-bond acceptors (Lipinski definition) is 2. The fraction of sp³-hybridized carbons (Fsp3) is 0.579. The Hall–Kier alpha value is -0.940. The molecule has 0 atom stereocenters. The summed E-state index contributed by atoms with van der Waals surface area (Å²) >= 11 is 5.14. The third-order valence-corrected chi connectivity index (χ3v) is 8.05. The van der Waals surface area contributed by atoms with Crippen LogP contribution in [0.4, 0.5) is 0 Å². The van der Waals surface area contributed by atoms with E-state index in [4.69, 9.17) is 0 Å². The lowest BCUT2D eigenvalue weighted by Gasteiger charge is -2.55. The van der Waals surface area contributed by atoms with E-state index in [9.17, 15) is 4.79 Å². The Labute approximate surface area is 153 Å². The molecule has 1 aromatic carbocycles. The third kappa shape index (κ3) is 2.27. The second-order valence-electron chi connectivity index (χ2n) is 8.17. The fourth-order valence-corrected chi connectivity index (χ4v) is 7.36. The number of benzene rings is 1. The molecular formula is C19H21BrN2OS. The molecule has 4 aliphatic carbocycles. The van der Waals surface area contributed by atoms with Crippen molar-refractivity contribution in [2.75, 3.05) is 0 Å². The molecule has 0 spiro atoms. The Kier molecular flexibility index (Phi) is 3.37. The number of aromatic nitrogens is 1. The molecule has 1 aromatic heterocycles. The average Bonchev–Trinajstić information content (AvgIpc) is 2.81. The monoisotopic (exact) mass is 404 g/mol. The van der Waals surface area contributed by atoms with Gasteiger partial charge in [0.2, 0.25) is 0 Å². The molecule has 4 saturated carbocycles. The number of amides is 1. The molecular weight excluding hydrogens is 384 g/mol. The first-order valence-corrected chi connectivity index (χ1v) is 10.5. The molecule has 0 N–H and O–H groups in total. The van der Waals surface area contributed by atoms with Crippen LogP contribution >= 0.6 is 27.3 Å². The number of fused-ring (bicyclic) bond motifs is 1. The number of hydrogen-bond donors (Lipinski definition) is 0. The molecule has 24 heavy (non-hydrogen) atoms. The van der Waals surface area contributed by atoms with E-state index in [0.717, 1.165) is 51.8 Å². The molecule has 4 fully saturated rings. The summed E-state index contributed by atoms with van der Waals surface area (Å²) < 4.78 is 4.30. The van der Waals surface area contributed by atoms with Crippen LogP contribution in [0.1, 0.15) is 38.5 Å². The van der Waals surface area contributed by atoms with Crippen molar-refractivity contribution < 1.29 is 4.79 Å². The second-order valence-corrected chi connectivity index (χ2v) is 10.1. The minimum Gasteiger partial charge on any atom is -0.319 e. The fourth-order valence-electron chi connectivity index (χ4n) is 5.79. The topological polar surface area (TPSA) is 34.4 Å². The first-order chi connectivity index (χ1) is 11.5. The highest BCUT2D eigenvalue weighted by atomic mass is 79.9. The minimum absolute atomic E-state index is 0.140. The predicted octanol–water partition coefficient (Wildman–Crippen LogP) is 4.65. The molecule has 1 heterocycles. The van der Waals surface area contributed by atoms with Crippen LogP contribution in [0.2, 0.25) is 0 Å². The Morgan fingerprint density at radius 1 is 1.21 bits per heavy atom. The SMILES string of the molecule is Cn1c(=NC(=O)C23CC4CC(CC(C4)C2)C3)sc2cc(Br)ccc21. The molecule has 2 aromatic rings. The van der Waals surface area contributed by atoms with Gasteiger partial charge in [-0.05, 0) is 74.5 Å². The lowest BCUT2D eigenvalue weighted by molar-refractivity contribution is -0.142. The zero-order valence-electron chi connectivity index (χ0n) is 13.8. The first kappa shape index (κ1) is 15.3. The Bertz CT molecular complexity index is 874. The lowest BCUT2D eigenvalue weighted by atomic mass is 9.49. The molecule has 6 rings (SSSR count). The summed E-state index contributed by atoms with van der Waals surface area (Å²) in [4.78, 5) is 18.7. The number of nitrogens with zero attached hydrogens (tertiary/aromatic N) is 2. The van der Waals surface area contributed by atoms with Crippen molar-refractivity contribution in [3.8, 4) is 0 Å². The molecule has 0 radical (unpaired) electrons. The van der Waals surface area contributed by atoms with Gasteiger partial charge in [0.1, 0.15) is 0 Å². The van der Waals surface area contributed by atoms with E-state index in [2.05, 4.69) is 37.6 Å². The van der Waals surface area contributed by atoms with Crippen molar-refractivity contribution in [2.24, 2.45) is 35.2 Å². The number of carbonyl (C=O) groups is 1. The zero-order chi connectivity index (χ0) is 16.5. The Morgan fingerprint density at radius 2 is 1.83 bits per heavy atom. The third-order valence-electron chi connectivity index (χ3n) is 6.46.